The van der Waals surface area contributed by atoms with Crippen molar-refractivity contribution in [1.29, 1.82) is 0 Å². The number of fused-ring (bicyclic) bond motifs is 1. The molecule has 0 spiro atoms. The van der Waals surface area contributed by atoms with Gasteiger partial charge in [-0.1, -0.05) is 11.6 Å². The molecule has 0 unspecified atom stereocenters. The van der Waals surface area contributed by atoms with Crippen LogP contribution in [0.25, 0.3) is 0 Å². The highest BCUT2D eigenvalue weighted by Crippen LogP contribution is 2.32. The smallest absolute Gasteiger partial charge is 0.189 e. The summed E-state index contributed by atoms with van der Waals surface area (Å²) >= 11 is 6.01. The maximum Gasteiger partial charge on any atom is 0.189 e. The fourth-order valence-electron chi connectivity index (χ4n) is 2.30. The maximum absolute atomic E-state index is 6.01. The van der Waals surface area contributed by atoms with Gasteiger partial charge in [0, 0.05) is 21.8 Å². The molecule has 5 heteroatoms. The van der Waals surface area contributed by atoms with Crippen molar-refractivity contribution in [3.63, 3.8) is 0 Å². The molecule has 0 radical (unpaired) electrons. The van der Waals surface area contributed by atoms with E-state index in [1.165, 1.54) is 0 Å². The van der Waals surface area contributed by atoms with Gasteiger partial charge in [-0.3, -0.25) is 0 Å². The monoisotopic (exact) mass is 305 g/mol. The molecule has 0 bridgehead atoms. The average molecular weight is 306 g/mol. The van der Waals surface area contributed by atoms with Gasteiger partial charge in [0.1, 0.15) is 18.1 Å². The van der Waals surface area contributed by atoms with Gasteiger partial charge in [-0.05, 0) is 42.8 Å². The second-order valence-corrected chi connectivity index (χ2v) is 5.39. The molecule has 0 saturated carbocycles. The Morgan fingerprint density at radius 2 is 2.14 bits per heavy atom. The number of anilines is 1. The quantitative estimate of drug-likeness (QED) is 0.879. The topological polar surface area (TPSA) is 53.7 Å². The van der Waals surface area contributed by atoms with Gasteiger partial charge in [-0.25, -0.2) is 0 Å². The van der Waals surface area contributed by atoms with E-state index in [1.807, 2.05) is 37.3 Å². The molecule has 0 atom stereocenters. The fraction of sp³-hybridized carbons (Fsp3) is 0.250. The number of hydrogen-bond acceptors (Lipinski definition) is 4. The lowest BCUT2D eigenvalue weighted by atomic mass is 10.1. The van der Waals surface area contributed by atoms with Crippen LogP contribution in [0.4, 0.5) is 5.69 Å². The van der Waals surface area contributed by atoms with Crippen molar-refractivity contribution >= 4 is 17.3 Å². The molecule has 3 rings (SSSR count). The Labute approximate surface area is 128 Å². The SMILES string of the molecule is Cc1cc(OCc2cc(N)cc3c2OCOC3)ccc1Cl. The van der Waals surface area contributed by atoms with Gasteiger partial charge in [0.25, 0.3) is 0 Å². The van der Waals surface area contributed by atoms with E-state index in [1.54, 1.807) is 0 Å². The first-order valence-electron chi connectivity index (χ1n) is 6.64. The molecule has 1 heterocycles. The van der Waals surface area contributed by atoms with E-state index in [0.717, 1.165) is 33.2 Å². The van der Waals surface area contributed by atoms with E-state index in [9.17, 15) is 0 Å². The van der Waals surface area contributed by atoms with Crippen molar-refractivity contribution in [2.45, 2.75) is 20.1 Å². The van der Waals surface area contributed by atoms with Crippen LogP contribution in [0.15, 0.2) is 30.3 Å². The predicted octanol–water partition coefficient (Wildman–Crippen LogP) is 3.68. The van der Waals surface area contributed by atoms with Crippen molar-refractivity contribution in [3.8, 4) is 11.5 Å². The number of ether oxygens (including phenoxy) is 3. The van der Waals surface area contributed by atoms with Crippen molar-refractivity contribution in [1.82, 2.24) is 0 Å². The van der Waals surface area contributed by atoms with Crippen LogP contribution in [0, 0.1) is 6.92 Å². The highest BCUT2D eigenvalue weighted by Gasteiger charge is 2.16. The number of nitrogens with two attached hydrogens (primary N) is 1. The number of rotatable bonds is 3. The standard InChI is InChI=1S/C16H16ClNO3/c1-10-4-14(2-3-15(10)17)20-8-12-6-13(18)5-11-7-19-9-21-16(11)12/h2-6H,7-9,18H2,1H3. The van der Waals surface area contributed by atoms with Gasteiger partial charge in [0.15, 0.2) is 6.79 Å². The highest BCUT2D eigenvalue weighted by atomic mass is 35.5. The molecule has 0 amide bonds. The number of aryl methyl sites for hydroxylation is 1. The molecular weight excluding hydrogens is 290 g/mol. The minimum Gasteiger partial charge on any atom is -0.489 e. The molecule has 0 saturated heterocycles. The Morgan fingerprint density at radius 3 is 2.95 bits per heavy atom. The summed E-state index contributed by atoms with van der Waals surface area (Å²) in [5.74, 6) is 1.57. The Kier molecular flexibility index (Phi) is 3.90. The van der Waals surface area contributed by atoms with Crippen molar-refractivity contribution in [2.24, 2.45) is 0 Å². The fourth-order valence-corrected chi connectivity index (χ4v) is 2.42. The van der Waals surface area contributed by atoms with Gasteiger partial charge >= 0.3 is 0 Å². The lowest BCUT2D eigenvalue weighted by molar-refractivity contribution is -0.0175. The third-order valence-electron chi connectivity index (χ3n) is 3.33. The molecular formula is C16H16ClNO3. The second kappa shape index (κ2) is 5.84. The number of nitrogen functional groups attached to an aromatic ring is 1. The summed E-state index contributed by atoms with van der Waals surface area (Å²) < 4.78 is 16.6. The van der Waals surface area contributed by atoms with Crippen LogP contribution < -0.4 is 15.2 Å². The first-order chi connectivity index (χ1) is 10.1. The molecule has 4 nitrogen and oxygen atoms in total. The molecule has 110 valence electrons. The van der Waals surface area contributed by atoms with Crippen molar-refractivity contribution in [2.75, 3.05) is 12.5 Å². The van der Waals surface area contributed by atoms with E-state index >= 15 is 0 Å². The minimum atomic E-state index is 0.254. The normalized spacial score (nSPS) is 13.4. The van der Waals surface area contributed by atoms with E-state index in [-0.39, 0.29) is 6.79 Å². The van der Waals surface area contributed by atoms with Gasteiger partial charge in [0.2, 0.25) is 0 Å². The molecule has 1 aliphatic heterocycles. The maximum atomic E-state index is 6.01. The predicted molar refractivity (Wildman–Crippen MR) is 81.7 cm³/mol. The molecule has 1 aliphatic rings. The summed E-state index contributed by atoms with van der Waals surface area (Å²) in [5, 5.41) is 0.726. The molecule has 2 aromatic rings. The van der Waals surface area contributed by atoms with E-state index in [4.69, 9.17) is 31.5 Å². The Morgan fingerprint density at radius 1 is 1.29 bits per heavy atom. The highest BCUT2D eigenvalue weighted by molar-refractivity contribution is 6.31. The van der Waals surface area contributed by atoms with Gasteiger partial charge < -0.3 is 19.9 Å². The first-order valence-corrected chi connectivity index (χ1v) is 7.02. The van der Waals surface area contributed by atoms with E-state index in [2.05, 4.69) is 0 Å². The van der Waals surface area contributed by atoms with Crippen LogP contribution in [-0.4, -0.2) is 6.79 Å². The molecule has 0 aliphatic carbocycles. The molecule has 2 N–H and O–H groups in total. The number of hydrogen-bond donors (Lipinski definition) is 1. The summed E-state index contributed by atoms with van der Waals surface area (Å²) in [6.07, 6.45) is 0. The van der Waals surface area contributed by atoms with Crippen LogP contribution in [0.2, 0.25) is 5.02 Å². The summed E-state index contributed by atoms with van der Waals surface area (Å²) in [5.41, 5.74) is 9.43. The zero-order chi connectivity index (χ0) is 14.8. The Balaban J connectivity index is 1.81. The average Bonchev–Trinajstić information content (AvgIpc) is 2.48. The van der Waals surface area contributed by atoms with Crippen LogP contribution >= 0.6 is 11.6 Å². The lowest BCUT2D eigenvalue weighted by Gasteiger charge is -2.21. The number of benzene rings is 2. The third kappa shape index (κ3) is 3.06. The summed E-state index contributed by atoms with van der Waals surface area (Å²) in [6, 6.07) is 9.31. The molecule has 2 aromatic carbocycles. The molecule has 21 heavy (non-hydrogen) atoms. The largest absolute Gasteiger partial charge is 0.489 e. The van der Waals surface area contributed by atoms with Gasteiger partial charge in [-0.15, -0.1) is 0 Å². The summed E-state index contributed by atoms with van der Waals surface area (Å²) in [4.78, 5) is 0. The van der Waals surface area contributed by atoms with Gasteiger partial charge in [0.05, 0.1) is 6.61 Å². The van der Waals surface area contributed by atoms with Gasteiger partial charge in [-0.2, -0.15) is 0 Å². The summed E-state index contributed by atoms with van der Waals surface area (Å²) in [6.45, 7) is 3.09. The summed E-state index contributed by atoms with van der Waals surface area (Å²) in [7, 11) is 0. The van der Waals surface area contributed by atoms with E-state index < -0.39 is 0 Å². The van der Waals surface area contributed by atoms with Crippen LogP contribution in [0.3, 0.4) is 0 Å². The Hall–Kier alpha value is -1.91. The van der Waals surface area contributed by atoms with Crippen molar-refractivity contribution in [3.05, 3.63) is 52.0 Å². The molecule has 0 fully saturated rings. The lowest BCUT2D eigenvalue weighted by Crippen LogP contribution is -2.14. The third-order valence-corrected chi connectivity index (χ3v) is 3.76. The zero-order valence-electron chi connectivity index (χ0n) is 11.7. The van der Waals surface area contributed by atoms with Crippen LogP contribution in [0.5, 0.6) is 11.5 Å². The van der Waals surface area contributed by atoms with Crippen LogP contribution in [-0.2, 0) is 18.0 Å². The first kappa shape index (κ1) is 14.0. The Bertz CT molecular complexity index is 673. The van der Waals surface area contributed by atoms with Crippen LogP contribution in [0.1, 0.15) is 16.7 Å². The minimum absolute atomic E-state index is 0.254. The molecule has 0 aromatic heterocycles. The van der Waals surface area contributed by atoms with E-state index in [0.29, 0.717) is 18.9 Å². The van der Waals surface area contributed by atoms with Crippen molar-refractivity contribution < 1.29 is 14.2 Å². The second-order valence-electron chi connectivity index (χ2n) is 4.98. The number of halogens is 1. The zero-order valence-corrected chi connectivity index (χ0v) is 12.4.